The predicted octanol–water partition coefficient (Wildman–Crippen LogP) is 2.62. The van der Waals surface area contributed by atoms with Gasteiger partial charge in [0.2, 0.25) is 0 Å². The van der Waals surface area contributed by atoms with E-state index in [2.05, 4.69) is 54.4 Å². The van der Waals surface area contributed by atoms with Gasteiger partial charge in [-0.1, -0.05) is 37.3 Å². The fourth-order valence-electron chi connectivity index (χ4n) is 3.66. The van der Waals surface area contributed by atoms with Crippen LogP contribution in [0.3, 0.4) is 0 Å². The Morgan fingerprint density at radius 1 is 1.33 bits per heavy atom. The second-order valence-corrected chi connectivity index (χ2v) is 6.76. The quantitative estimate of drug-likeness (QED) is 0.922. The first-order valence-electron chi connectivity index (χ1n) is 8.34. The minimum atomic E-state index is 0.0928. The van der Waals surface area contributed by atoms with Crippen LogP contribution in [0.25, 0.3) is 0 Å². The topological polar surface area (TPSA) is 24.5 Å². The van der Waals surface area contributed by atoms with Crippen molar-refractivity contribution in [1.82, 2.24) is 10.2 Å². The van der Waals surface area contributed by atoms with Crippen LogP contribution in [0, 0.1) is 5.92 Å². The molecule has 0 aliphatic carbocycles. The Hall–Kier alpha value is -0.900. The fourth-order valence-corrected chi connectivity index (χ4v) is 3.66. The van der Waals surface area contributed by atoms with Crippen LogP contribution in [0.5, 0.6) is 0 Å². The Kier molecular flexibility index (Phi) is 4.63. The van der Waals surface area contributed by atoms with E-state index in [1.807, 2.05) is 0 Å². The lowest BCUT2D eigenvalue weighted by Gasteiger charge is -2.49. The van der Waals surface area contributed by atoms with Crippen LogP contribution >= 0.6 is 0 Å². The number of piperazine rings is 1. The van der Waals surface area contributed by atoms with E-state index >= 15 is 0 Å². The number of benzene rings is 1. The highest BCUT2D eigenvalue weighted by atomic mass is 16.5. The molecule has 0 radical (unpaired) electrons. The Morgan fingerprint density at radius 3 is 2.81 bits per heavy atom. The summed E-state index contributed by atoms with van der Waals surface area (Å²) >= 11 is 0. The van der Waals surface area contributed by atoms with E-state index in [0.29, 0.717) is 12.0 Å². The third kappa shape index (κ3) is 3.15. The highest BCUT2D eigenvalue weighted by Gasteiger charge is 2.39. The second-order valence-electron chi connectivity index (χ2n) is 6.76. The third-order valence-electron chi connectivity index (χ3n) is 5.26. The molecule has 1 aromatic rings. The van der Waals surface area contributed by atoms with E-state index in [0.717, 1.165) is 32.8 Å². The summed E-state index contributed by atoms with van der Waals surface area (Å²) in [5.41, 5.74) is 1.51. The monoisotopic (exact) mass is 288 g/mol. The van der Waals surface area contributed by atoms with Gasteiger partial charge in [0.25, 0.3) is 0 Å². The largest absolute Gasteiger partial charge is 0.381 e. The molecule has 3 heteroatoms. The van der Waals surface area contributed by atoms with Gasteiger partial charge in [0.05, 0.1) is 12.1 Å². The van der Waals surface area contributed by atoms with Crippen molar-refractivity contribution in [2.45, 2.75) is 38.3 Å². The zero-order chi connectivity index (χ0) is 14.7. The number of nitrogens with one attached hydrogen (secondary N) is 1. The minimum Gasteiger partial charge on any atom is -0.381 e. The Bertz CT molecular complexity index is 444. The van der Waals surface area contributed by atoms with E-state index in [1.54, 1.807) is 0 Å². The zero-order valence-electron chi connectivity index (χ0n) is 13.3. The van der Waals surface area contributed by atoms with Crippen LogP contribution in [0.2, 0.25) is 0 Å². The normalized spacial score (nSPS) is 34.2. The Balaban J connectivity index is 1.81. The van der Waals surface area contributed by atoms with E-state index in [-0.39, 0.29) is 5.54 Å². The standard InChI is InChI=1S/C18H28N2O/c1-3-17-12-20(11-15-9-10-21-13-15)18(2,14-19-17)16-7-5-4-6-8-16/h4-8,15,17,19H,3,9-14H2,1-2H3. The summed E-state index contributed by atoms with van der Waals surface area (Å²) in [6.45, 7) is 9.86. The van der Waals surface area contributed by atoms with Crippen LogP contribution in [0.4, 0.5) is 0 Å². The first-order valence-corrected chi connectivity index (χ1v) is 8.34. The van der Waals surface area contributed by atoms with Gasteiger partial charge in [-0.05, 0) is 31.2 Å². The van der Waals surface area contributed by atoms with Crippen molar-refractivity contribution in [1.29, 1.82) is 0 Å². The van der Waals surface area contributed by atoms with Crippen LogP contribution in [-0.2, 0) is 10.3 Å². The Labute approximate surface area is 128 Å². The second kappa shape index (κ2) is 6.47. The van der Waals surface area contributed by atoms with Gasteiger partial charge >= 0.3 is 0 Å². The van der Waals surface area contributed by atoms with Crippen LogP contribution in [-0.4, -0.2) is 43.8 Å². The summed E-state index contributed by atoms with van der Waals surface area (Å²) in [6, 6.07) is 11.6. The molecule has 2 aliphatic rings. The van der Waals surface area contributed by atoms with Gasteiger partial charge in [0, 0.05) is 32.3 Å². The summed E-state index contributed by atoms with van der Waals surface area (Å²) in [6.07, 6.45) is 2.41. The predicted molar refractivity (Wildman–Crippen MR) is 86.4 cm³/mol. The molecule has 2 aliphatic heterocycles. The molecule has 3 unspecified atom stereocenters. The molecule has 0 saturated carbocycles. The van der Waals surface area contributed by atoms with Gasteiger partial charge in [-0.25, -0.2) is 0 Å². The average molecular weight is 288 g/mol. The molecule has 0 spiro atoms. The lowest BCUT2D eigenvalue weighted by molar-refractivity contribution is 0.0321. The molecular weight excluding hydrogens is 260 g/mol. The molecule has 116 valence electrons. The van der Waals surface area contributed by atoms with Gasteiger partial charge in [-0.3, -0.25) is 4.90 Å². The number of nitrogens with zero attached hydrogens (tertiary/aromatic N) is 1. The highest BCUT2D eigenvalue weighted by molar-refractivity contribution is 5.25. The van der Waals surface area contributed by atoms with Crippen molar-refractivity contribution >= 4 is 0 Å². The lowest BCUT2D eigenvalue weighted by Crippen LogP contribution is -2.62. The molecule has 2 heterocycles. The molecule has 0 aromatic heterocycles. The van der Waals surface area contributed by atoms with Crippen LogP contribution < -0.4 is 5.32 Å². The lowest BCUT2D eigenvalue weighted by atomic mass is 9.85. The number of hydrogen-bond donors (Lipinski definition) is 1. The van der Waals surface area contributed by atoms with E-state index < -0.39 is 0 Å². The van der Waals surface area contributed by atoms with Crippen molar-refractivity contribution in [3.05, 3.63) is 35.9 Å². The molecule has 3 rings (SSSR count). The van der Waals surface area contributed by atoms with Crippen LogP contribution in [0.1, 0.15) is 32.3 Å². The SMILES string of the molecule is CCC1CN(CC2CCOC2)C(C)(c2ccccc2)CN1. The maximum atomic E-state index is 5.58. The van der Waals surface area contributed by atoms with E-state index in [4.69, 9.17) is 4.74 Å². The van der Waals surface area contributed by atoms with Crippen molar-refractivity contribution in [2.24, 2.45) is 5.92 Å². The zero-order valence-corrected chi connectivity index (χ0v) is 13.3. The van der Waals surface area contributed by atoms with E-state index in [9.17, 15) is 0 Å². The minimum absolute atomic E-state index is 0.0928. The molecule has 2 saturated heterocycles. The summed E-state index contributed by atoms with van der Waals surface area (Å²) in [7, 11) is 0. The maximum absolute atomic E-state index is 5.58. The molecule has 0 bridgehead atoms. The first-order chi connectivity index (χ1) is 10.2. The van der Waals surface area contributed by atoms with Crippen LogP contribution in [0.15, 0.2) is 30.3 Å². The maximum Gasteiger partial charge on any atom is 0.0558 e. The molecule has 0 amide bonds. The van der Waals surface area contributed by atoms with Crippen molar-refractivity contribution in [2.75, 3.05) is 32.8 Å². The van der Waals surface area contributed by atoms with Crippen molar-refractivity contribution in [3.63, 3.8) is 0 Å². The summed E-state index contributed by atoms with van der Waals surface area (Å²) in [5, 5.41) is 3.74. The van der Waals surface area contributed by atoms with Gasteiger partial charge in [-0.2, -0.15) is 0 Å². The molecular formula is C18H28N2O. The summed E-state index contributed by atoms with van der Waals surface area (Å²) in [5.74, 6) is 0.698. The van der Waals surface area contributed by atoms with Gasteiger partial charge in [0.15, 0.2) is 0 Å². The molecule has 3 atom stereocenters. The first kappa shape index (κ1) is 15.0. The molecule has 1 aromatic carbocycles. The molecule has 3 nitrogen and oxygen atoms in total. The molecule has 1 N–H and O–H groups in total. The number of hydrogen-bond acceptors (Lipinski definition) is 3. The summed E-state index contributed by atoms with van der Waals surface area (Å²) < 4.78 is 5.58. The smallest absolute Gasteiger partial charge is 0.0558 e. The number of ether oxygens (including phenoxy) is 1. The third-order valence-corrected chi connectivity index (χ3v) is 5.26. The van der Waals surface area contributed by atoms with Crippen molar-refractivity contribution < 1.29 is 4.74 Å². The highest BCUT2D eigenvalue weighted by Crippen LogP contribution is 2.32. The van der Waals surface area contributed by atoms with Crippen molar-refractivity contribution in [3.8, 4) is 0 Å². The van der Waals surface area contributed by atoms with Gasteiger partial charge in [-0.15, -0.1) is 0 Å². The Morgan fingerprint density at radius 2 is 2.14 bits per heavy atom. The van der Waals surface area contributed by atoms with E-state index in [1.165, 1.54) is 18.4 Å². The molecule has 2 fully saturated rings. The van der Waals surface area contributed by atoms with Gasteiger partial charge in [0.1, 0.15) is 0 Å². The average Bonchev–Trinajstić information content (AvgIpc) is 3.03. The fraction of sp³-hybridized carbons (Fsp3) is 0.667. The molecule has 21 heavy (non-hydrogen) atoms. The number of rotatable bonds is 4. The van der Waals surface area contributed by atoms with Gasteiger partial charge < -0.3 is 10.1 Å². The summed E-state index contributed by atoms with van der Waals surface area (Å²) in [4.78, 5) is 2.70.